The van der Waals surface area contributed by atoms with E-state index in [1.54, 1.807) is 18.2 Å². The minimum Gasteiger partial charge on any atom is -0.508 e. The fourth-order valence-electron chi connectivity index (χ4n) is 3.05. The zero-order chi connectivity index (χ0) is 17.7. The predicted octanol–water partition coefficient (Wildman–Crippen LogP) is 2.22. The average molecular weight is 349 g/mol. The molecule has 0 spiro atoms. The molecule has 5 nitrogen and oxygen atoms in total. The van der Waals surface area contributed by atoms with E-state index in [-0.39, 0.29) is 11.5 Å². The molecule has 1 atom stereocenters. The van der Waals surface area contributed by atoms with Gasteiger partial charge in [0.2, 0.25) is 5.96 Å². The Kier molecular flexibility index (Phi) is 3.55. The average Bonchev–Trinajstić information content (AvgIpc) is 3.02. The van der Waals surface area contributed by atoms with Gasteiger partial charge < -0.3 is 10.0 Å². The van der Waals surface area contributed by atoms with Crippen LogP contribution in [0.3, 0.4) is 0 Å². The Labute approximate surface area is 147 Å². The highest BCUT2D eigenvalue weighted by Crippen LogP contribution is 2.36. The lowest BCUT2D eigenvalue weighted by Gasteiger charge is -2.20. The normalized spacial score (nSPS) is 15.6. The fraction of sp³-hybridized carbons (Fsp3) is 0.105. The number of carbonyl (C=O) groups excluding carboxylic acids is 1. The van der Waals surface area contributed by atoms with E-state index in [0.29, 0.717) is 28.5 Å². The molecule has 2 aromatic rings. The third kappa shape index (κ3) is 2.39. The molecular weight excluding hydrogens is 333 g/mol. The van der Waals surface area contributed by atoms with Gasteiger partial charge in [-0.05, 0) is 29.1 Å². The monoisotopic (exact) mass is 349 g/mol. The number of nitrogens with zero attached hydrogens (tertiary/aromatic N) is 3. The summed E-state index contributed by atoms with van der Waals surface area (Å²) in [5.41, 5.74) is 3.96. The first-order valence-electron chi connectivity index (χ1n) is 7.79. The van der Waals surface area contributed by atoms with Crippen LogP contribution >= 0.6 is 9.24 Å². The van der Waals surface area contributed by atoms with Crippen LogP contribution < -0.4 is 5.30 Å². The lowest BCUT2D eigenvalue weighted by atomic mass is 9.84. The Morgan fingerprint density at radius 3 is 2.40 bits per heavy atom. The van der Waals surface area contributed by atoms with Crippen molar-refractivity contribution in [2.75, 3.05) is 14.1 Å². The molecule has 0 saturated heterocycles. The summed E-state index contributed by atoms with van der Waals surface area (Å²) >= 11 is 0. The number of benzene rings is 2. The van der Waals surface area contributed by atoms with Crippen molar-refractivity contribution in [2.24, 2.45) is 9.98 Å². The molecule has 0 aromatic heterocycles. The molecule has 2 aliphatic rings. The van der Waals surface area contributed by atoms with Crippen LogP contribution in [-0.2, 0) is 0 Å². The second kappa shape index (κ2) is 5.64. The first-order chi connectivity index (χ1) is 12.0. The number of hydrogen-bond acceptors (Lipinski definition) is 5. The molecule has 0 bridgehead atoms. The first kappa shape index (κ1) is 15.7. The van der Waals surface area contributed by atoms with Crippen LogP contribution in [0.2, 0.25) is 0 Å². The number of aliphatic imine (C=N–C) groups is 2. The van der Waals surface area contributed by atoms with Crippen molar-refractivity contribution >= 4 is 37.6 Å². The lowest BCUT2D eigenvalue weighted by molar-refractivity contribution is 0.105. The maximum absolute atomic E-state index is 13.2. The number of phenols is 1. The van der Waals surface area contributed by atoms with Gasteiger partial charge in [0.25, 0.3) is 0 Å². The number of hydrogen-bond donors (Lipinski definition) is 1. The van der Waals surface area contributed by atoms with Crippen LogP contribution in [0.4, 0.5) is 0 Å². The second-order valence-corrected chi connectivity index (χ2v) is 6.76. The summed E-state index contributed by atoms with van der Waals surface area (Å²) in [6.45, 7) is 0. The van der Waals surface area contributed by atoms with E-state index >= 15 is 0 Å². The molecule has 1 aliphatic heterocycles. The Morgan fingerprint density at radius 1 is 1.00 bits per heavy atom. The maximum Gasteiger partial charge on any atom is 0.226 e. The van der Waals surface area contributed by atoms with Gasteiger partial charge in [-0.2, -0.15) is 0 Å². The zero-order valence-corrected chi connectivity index (χ0v) is 15.0. The van der Waals surface area contributed by atoms with Crippen LogP contribution in [0.5, 0.6) is 5.75 Å². The molecule has 1 unspecified atom stereocenters. The summed E-state index contributed by atoms with van der Waals surface area (Å²) in [6.07, 6.45) is 0. The standard InChI is InChI=1S/C19H16N3O2P/c1-22(2)19-20-16-11-5-3-4-6-12(11)18(24)15(17(16)21-19)13-8-7-10(23)9-14(13)25/h3-9,23H,25H2,1-2H3. The maximum atomic E-state index is 13.2. The molecule has 0 fully saturated rings. The molecule has 4 rings (SSSR count). The van der Waals surface area contributed by atoms with Crippen LogP contribution in [0, 0.1) is 0 Å². The Bertz CT molecular complexity index is 1020. The molecule has 1 aliphatic carbocycles. The van der Waals surface area contributed by atoms with Crippen LogP contribution in [-0.4, -0.2) is 41.6 Å². The summed E-state index contributed by atoms with van der Waals surface area (Å²) in [5.74, 6) is 0.639. The van der Waals surface area contributed by atoms with Gasteiger partial charge >= 0.3 is 0 Å². The third-order valence-corrected chi connectivity index (χ3v) is 4.72. The third-order valence-electron chi connectivity index (χ3n) is 4.24. The van der Waals surface area contributed by atoms with Gasteiger partial charge in [0.05, 0.1) is 5.57 Å². The summed E-state index contributed by atoms with van der Waals surface area (Å²) in [6, 6.07) is 12.4. The molecule has 124 valence electrons. The van der Waals surface area contributed by atoms with E-state index in [2.05, 4.69) is 19.2 Å². The molecule has 25 heavy (non-hydrogen) atoms. The Balaban J connectivity index is 2.03. The molecular formula is C19H16N3O2P. The number of fused-ring (bicyclic) bond motifs is 3. The van der Waals surface area contributed by atoms with Crippen molar-refractivity contribution in [1.29, 1.82) is 0 Å². The Hall–Kier alpha value is -2.78. The molecule has 1 heterocycles. The van der Waals surface area contributed by atoms with Gasteiger partial charge in [-0.15, -0.1) is 9.24 Å². The minimum absolute atomic E-state index is 0.0808. The number of guanidine groups is 1. The molecule has 0 saturated carbocycles. The van der Waals surface area contributed by atoms with Crippen LogP contribution in [0.25, 0.3) is 5.57 Å². The number of rotatable bonds is 1. The largest absolute Gasteiger partial charge is 0.508 e. The fourth-order valence-corrected chi connectivity index (χ4v) is 3.46. The Morgan fingerprint density at radius 2 is 1.72 bits per heavy atom. The number of phenolic OH excluding ortho intramolecular Hbond substituents is 1. The summed E-state index contributed by atoms with van der Waals surface area (Å²) in [5, 5.41) is 10.4. The highest BCUT2D eigenvalue weighted by Gasteiger charge is 2.35. The molecule has 1 N–H and O–H groups in total. The number of allylic oxidation sites excluding steroid dienone is 2. The number of aromatic hydroxyl groups is 1. The topological polar surface area (TPSA) is 65.3 Å². The lowest BCUT2D eigenvalue weighted by Crippen LogP contribution is -2.22. The summed E-state index contributed by atoms with van der Waals surface area (Å²) in [7, 11) is 6.31. The van der Waals surface area contributed by atoms with Crippen molar-refractivity contribution < 1.29 is 9.90 Å². The van der Waals surface area contributed by atoms with Crippen molar-refractivity contribution in [2.45, 2.75) is 0 Å². The molecule has 6 heteroatoms. The van der Waals surface area contributed by atoms with Crippen molar-refractivity contribution in [1.82, 2.24) is 4.90 Å². The van der Waals surface area contributed by atoms with E-state index < -0.39 is 0 Å². The van der Waals surface area contributed by atoms with Gasteiger partial charge in [-0.25, -0.2) is 9.98 Å². The summed E-state index contributed by atoms with van der Waals surface area (Å²) in [4.78, 5) is 24.3. The van der Waals surface area contributed by atoms with Gasteiger partial charge in [0.15, 0.2) is 5.78 Å². The second-order valence-electron chi connectivity index (χ2n) is 6.14. The van der Waals surface area contributed by atoms with Gasteiger partial charge in [-0.3, -0.25) is 4.79 Å². The quantitative estimate of drug-likeness (QED) is 0.803. The van der Waals surface area contributed by atoms with Gasteiger partial charge in [0, 0.05) is 25.2 Å². The van der Waals surface area contributed by atoms with E-state index in [0.717, 1.165) is 16.4 Å². The van der Waals surface area contributed by atoms with E-state index in [4.69, 9.17) is 0 Å². The van der Waals surface area contributed by atoms with Crippen molar-refractivity contribution in [3.05, 3.63) is 64.9 Å². The van der Waals surface area contributed by atoms with E-state index in [1.165, 1.54) is 0 Å². The van der Waals surface area contributed by atoms with E-state index in [1.807, 2.05) is 43.3 Å². The SMILES string of the molecule is CN(C)C1=NC2=C(c3ccc(O)cc3P)C(=O)c3ccccc3C2=N1. The first-order valence-corrected chi connectivity index (χ1v) is 8.37. The minimum atomic E-state index is -0.0808. The van der Waals surface area contributed by atoms with Crippen molar-refractivity contribution in [3.8, 4) is 5.75 Å². The number of carbonyl (C=O) groups is 1. The summed E-state index contributed by atoms with van der Waals surface area (Å²) < 4.78 is 0. The molecule has 0 radical (unpaired) electrons. The van der Waals surface area contributed by atoms with Crippen molar-refractivity contribution in [3.63, 3.8) is 0 Å². The zero-order valence-electron chi connectivity index (χ0n) is 13.8. The van der Waals surface area contributed by atoms with E-state index in [9.17, 15) is 9.90 Å². The highest BCUT2D eigenvalue weighted by atomic mass is 31.0. The van der Waals surface area contributed by atoms with Crippen LogP contribution in [0.15, 0.2) is 58.1 Å². The van der Waals surface area contributed by atoms with Gasteiger partial charge in [-0.1, -0.05) is 24.3 Å². The predicted molar refractivity (Wildman–Crippen MR) is 103 cm³/mol. The molecule has 2 aromatic carbocycles. The molecule has 0 amide bonds. The smallest absolute Gasteiger partial charge is 0.226 e. The van der Waals surface area contributed by atoms with Gasteiger partial charge in [0.1, 0.15) is 17.2 Å². The van der Waals surface area contributed by atoms with Crippen LogP contribution in [0.1, 0.15) is 21.5 Å². The highest BCUT2D eigenvalue weighted by molar-refractivity contribution is 7.27. The number of ketones is 1. The number of Topliss-reactive ketones (excluding diaryl/α,β-unsaturated/α-hetero) is 1.